The molecule has 1 aliphatic rings. The van der Waals surface area contributed by atoms with Crippen LogP contribution in [-0.4, -0.2) is 49.4 Å². The highest BCUT2D eigenvalue weighted by Gasteiger charge is 2.29. The van der Waals surface area contributed by atoms with Gasteiger partial charge in [-0.1, -0.05) is 0 Å². The molecule has 5 heteroatoms. The number of ether oxygens (including phenoxy) is 2. The Morgan fingerprint density at radius 2 is 1.94 bits per heavy atom. The molecule has 0 radical (unpaired) electrons. The van der Waals surface area contributed by atoms with Crippen LogP contribution in [-0.2, 0) is 9.47 Å². The first-order chi connectivity index (χ1) is 8.33. The largest absolute Gasteiger partial charge is 0.444 e. The molecule has 0 saturated carbocycles. The molecule has 0 bridgehead atoms. The lowest BCUT2D eigenvalue weighted by atomic mass is 9.90. The van der Waals surface area contributed by atoms with Crippen molar-refractivity contribution in [2.24, 2.45) is 11.7 Å². The quantitative estimate of drug-likeness (QED) is 0.835. The number of nitrogens with zero attached hydrogens (tertiary/aromatic N) is 1. The zero-order chi connectivity index (χ0) is 13.8. The van der Waals surface area contributed by atoms with E-state index in [0.29, 0.717) is 12.5 Å². The summed E-state index contributed by atoms with van der Waals surface area (Å²) in [5.74, 6) is 0.434. The highest BCUT2D eigenvalue weighted by atomic mass is 16.6. The summed E-state index contributed by atoms with van der Waals surface area (Å²) in [6.07, 6.45) is 1.62. The van der Waals surface area contributed by atoms with Crippen LogP contribution in [0.25, 0.3) is 0 Å². The summed E-state index contributed by atoms with van der Waals surface area (Å²) < 4.78 is 10.4. The molecule has 1 saturated heterocycles. The molecule has 0 aromatic rings. The van der Waals surface area contributed by atoms with Gasteiger partial charge in [0.25, 0.3) is 0 Å². The molecule has 5 nitrogen and oxygen atoms in total. The second-order valence-corrected chi connectivity index (χ2v) is 5.92. The van der Waals surface area contributed by atoms with Crippen LogP contribution in [0.3, 0.4) is 0 Å². The van der Waals surface area contributed by atoms with Crippen molar-refractivity contribution in [3.8, 4) is 0 Å². The van der Waals surface area contributed by atoms with E-state index in [1.54, 1.807) is 12.0 Å². The van der Waals surface area contributed by atoms with Gasteiger partial charge in [-0.3, -0.25) is 0 Å². The van der Waals surface area contributed by atoms with E-state index in [0.717, 1.165) is 25.9 Å². The van der Waals surface area contributed by atoms with E-state index in [4.69, 9.17) is 15.2 Å². The van der Waals surface area contributed by atoms with Crippen molar-refractivity contribution in [3.05, 3.63) is 0 Å². The molecule has 0 spiro atoms. The van der Waals surface area contributed by atoms with Gasteiger partial charge >= 0.3 is 6.09 Å². The summed E-state index contributed by atoms with van der Waals surface area (Å²) in [4.78, 5) is 13.6. The molecule has 1 aliphatic heterocycles. The summed E-state index contributed by atoms with van der Waals surface area (Å²) in [5, 5.41) is 0. The minimum Gasteiger partial charge on any atom is -0.444 e. The first-order valence-corrected chi connectivity index (χ1v) is 6.56. The van der Waals surface area contributed by atoms with Crippen LogP contribution in [0.15, 0.2) is 0 Å². The zero-order valence-corrected chi connectivity index (χ0v) is 11.9. The molecule has 106 valence electrons. The lowest BCUT2D eigenvalue weighted by Gasteiger charge is -2.35. The molecule has 1 fully saturated rings. The first-order valence-electron chi connectivity index (χ1n) is 6.56. The van der Waals surface area contributed by atoms with Crippen LogP contribution in [0, 0.1) is 5.92 Å². The van der Waals surface area contributed by atoms with Crippen molar-refractivity contribution in [2.75, 3.05) is 26.8 Å². The van der Waals surface area contributed by atoms with E-state index < -0.39 is 5.60 Å². The SMILES string of the molecule is COCC(N)C1CCN(C(=O)OC(C)(C)C)CC1. The van der Waals surface area contributed by atoms with Gasteiger partial charge in [-0.2, -0.15) is 0 Å². The van der Waals surface area contributed by atoms with Crippen molar-refractivity contribution < 1.29 is 14.3 Å². The van der Waals surface area contributed by atoms with Crippen LogP contribution in [0.5, 0.6) is 0 Å². The standard InChI is InChI=1S/C13H26N2O3/c1-13(2,3)18-12(16)15-7-5-10(6-8-15)11(14)9-17-4/h10-11H,5-9,14H2,1-4H3. The molecule has 0 aliphatic carbocycles. The second kappa shape index (κ2) is 6.38. The number of hydrogen-bond acceptors (Lipinski definition) is 4. The minimum absolute atomic E-state index is 0.0655. The fraction of sp³-hybridized carbons (Fsp3) is 0.923. The predicted octanol–water partition coefficient (Wildman–Crippen LogP) is 1.61. The van der Waals surface area contributed by atoms with Crippen LogP contribution in [0.1, 0.15) is 33.6 Å². The average Bonchev–Trinajstić information content (AvgIpc) is 2.27. The number of carbonyl (C=O) groups excluding carboxylic acids is 1. The monoisotopic (exact) mass is 258 g/mol. The van der Waals surface area contributed by atoms with Gasteiger partial charge in [0.15, 0.2) is 0 Å². The number of methoxy groups -OCH3 is 1. The number of nitrogens with two attached hydrogens (primary N) is 1. The fourth-order valence-corrected chi connectivity index (χ4v) is 2.17. The predicted molar refractivity (Wildman–Crippen MR) is 70.4 cm³/mol. The number of rotatable bonds is 3. The van der Waals surface area contributed by atoms with Gasteiger partial charge in [0.1, 0.15) is 5.60 Å². The van der Waals surface area contributed by atoms with Crippen molar-refractivity contribution >= 4 is 6.09 Å². The topological polar surface area (TPSA) is 64.8 Å². The third kappa shape index (κ3) is 4.82. The summed E-state index contributed by atoms with van der Waals surface area (Å²) in [5.41, 5.74) is 5.59. The Morgan fingerprint density at radius 3 is 2.39 bits per heavy atom. The van der Waals surface area contributed by atoms with Gasteiger partial charge in [-0.05, 0) is 39.5 Å². The molecule has 2 N–H and O–H groups in total. The molecule has 18 heavy (non-hydrogen) atoms. The Balaban J connectivity index is 2.37. The molecule has 1 unspecified atom stereocenters. The molecule has 1 atom stereocenters. The Hall–Kier alpha value is -0.810. The number of hydrogen-bond donors (Lipinski definition) is 1. The maximum atomic E-state index is 11.9. The molecule has 1 heterocycles. The Bertz CT molecular complexity index is 268. The third-order valence-electron chi connectivity index (χ3n) is 3.16. The molecule has 0 aromatic carbocycles. The summed E-state index contributed by atoms with van der Waals surface area (Å²) >= 11 is 0. The van der Waals surface area contributed by atoms with Crippen molar-refractivity contribution in [2.45, 2.75) is 45.3 Å². The smallest absolute Gasteiger partial charge is 0.410 e. The summed E-state index contributed by atoms with van der Waals surface area (Å²) in [6, 6.07) is 0.0655. The number of amides is 1. The maximum Gasteiger partial charge on any atom is 0.410 e. The molecular formula is C13H26N2O3. The Morgan fingerprint density at radius 1 is 1.39 bits per heavy atom. The third-order valence-corrected chi connectivity index (χ3v) is 3.16. The van der Waals surface area contributed by atoms with E-state index in [1.165, 1.54) is 0 Å². The van der Waals surface area contributed by atoms with E-state index in [2.05, 4.69) is 0 Å². The number of likely N-dealkylation sites (tertiary alicyclic amines) is 1. The Kier molecular flexibility index (Phi) is 5.41. The number of carbonyl (C=O) groups is 1. The highest BCUT2D eigenvalue weighted by molar-refractivity contribution is 5.68. The van der Waals surface area contributed by atoms with Gasteiger partial charge in [-0.15, -0.1) is 0 Å². The molecule has 1 amide bonds. The minimum atomic E-state index is -0.430. The van der Waals surface area contributed by atoms with E-state index >= 15 is 0 Å². The normalized spacial score (nSPS) is 19.7. The van der Waals surface area contributed by atoms with Crippen molar-refractivity contribution in [1.29, 1.82) is 0 Å². The van der Waals surface area contributed by atoms with Gasteiger partial charge < -0.3 is 20.1 Å². The summed E-state index contributed by atoms with van der Waals surface area (Å²) in [6.45, 7) is 7.66. The maximum absolute atomic E-state index is 11.9. The Labute approximate surface area is 110 Å². The van der Waals surface area contributed by atoms with E-state index in [1.807, 2.05) is 20.8 Å². The second-order valence-electron chi connectivity index (χ2n) is 5.92. The van der Waals surface area contributed by atoms with Gasteiger partial charge in [0.05, 0.1) is 6.61 Å². The summed E-state index contributed by atoms with van der Waals surface area (Å²) in [7, 11) is 1.66. The lowest BCUT2D eigenvalue weighted by molar-refractivity contribution is 0.0161. The van der Waals surface area contributed by atoms with Crippen molar-refractivity contribution in [1.82, 2.24) is 4.90 Å². The van der Waals surface area contributed by atoms with Crippen molar-refractivity contribution in [3.63, 3.8) is 0 Å². The van der Waals surface area contributed by atoms with E-state index in [-0.39, 0.29) is 12.1 Å². The van der Waals surface area contributed by atoms with Gasteiger partial charge in [0, 0.05) is 26.2 Å². The fourth-order valence-electron chi connectivity index (χ4n) is 2.17. The first kappa shape index (κ1) is 15.2. The van der Waals surface area contributed by atoms with Gasteiger partial charge in [0.2, 0.25) is 0 Å². The van der Waals surface area contributed by atoms with Crippen LogP contribution >= 0.6 is 0 Å². The van der Waals surface area contributed by atoms with Gasteiger partial charge in [-0.25, -0.2) is 4.79 Å². The molecule has 0 aromatic heterocycles. The zero-order valence-electron chi connectivity index (χ0n) is 11.9. The van der Waals surface area contributed by atoms with Crippen LogP contribution < -0.4 is 5.73 Å². The average molecular weight is 258 g/mol. The molecular weight excluding hydrogens is 232 g/mol. The highest BCUT2D eigenvalue weighted by Crippen LogP contribution is 2.21. The van der Waals surface area contributed by atoms with Crippen LogP contribution in [0.4, 0.5) is 4.79 Å². The number of piperidine rings is 1. The van der Waals surface area contributed by atoms with Crippen LogP contribution in [0.2, 0.25) is 0 Å². The lowest BCUT2D eigenvalue weighted by Crippen LogP contribution is -2.46. The molecule has 1 rings (SSSR count). The van der Waals surface area contributed by atoms with E-state index in [9.17, 15) is 4.79 Å².